The van der Waals surface area contributed by atoms with Crippen molar-refractivity contribution in [1.29, 1.82) is 0 Å². The molecule has 0 aromatic heterocycles. The average Bonchev–Trinajstić information content (AvgIpc) is 2.82. The molecular formula is C61H62N2O16. The van der Waals surface area contributed by atoms with Crippen LogP contribution in [-0.4, -0.2) is 122 Å². The minimum atomic E-state index is -2.58. The quantitative estimate of drug-likeness (QED) is 0.0444. The van der Waals surface area contributed by atoms with Gasteiger partial charge in [-0.3, -0.25) is 19.2 Å². The molecule has 4 aliphatic rings. The maximum Gasteiger partial charge on any atom is 0.338 e. The first-order valence-electron chi connectivity index (χ1n) is 26.0. The third-order valence-corrected chi connectivity index (χ3v) is 16.5. The molecule has 0 radical (unpaired) electrons. The van der Waals surface area contributed by atoms with E-state index < -0.39 is 137 Å². The Hall–Kier alpha value is -7.87. The summed E-state index contributed by atoms with van der Waals surface area (Å²) in [4.78, 5) is 102. The topological polar surface area (TPSA) is 271 Å². The summed E-state index contributed by atoms with van der Waals surface area (Å²) in [5, 5.41) is 56.3. The van der Waals surface area contributed by atoms with Crippen molar-refractivity contribution in [2.75, 3.05) is 6.61 Å². The number of nitrogens with one attached hydrogen (secondary N) is 2. The summed E-state index contributed by atoms with van der Waals surface area (Å²) in [6.07, 6.45) is -14.1. The molecule has 3 aliphatic carbocycles. The second-order valence-corrected chi connectivity index (χ2v) is 21.4. The lowest BCUT2D eigenvalue weighted by atomic mass is 9.44. The van der Waals surface area contributed by atoms with Crippen molar-refractivity contribution in [2.45, 2.75) is 113 Å². The van der Waals surface area contributed by atoms with Crippen molar-refractivity contribution < 1.29 is 77.7 Å². The van der Waals surface area contributed by atoms with Gasteiger partial charge >= 0.3 is 23.9 Å². The van der Waals surface area contributed by atoms with E-state index in [9.17, 15) is 44.4 Å². The van der Waals surface area contributed by atoms with Gasteiger partial charge in [-0.15, -0.1) is 0 Å². The van der Waals surface area contributed by atoms with E-state index in [1.165, 1.54) is 52.0 Å². The van der Waals surface area contributed by atoms with Gasteiger partial charge in [-0.2, -0.15) is 0 Å². The standard InChI is InChI=1S/C61H62N2O16/c1-34-41(76-56(72)47(66)45(36-21-11-6-12-22-36)62-53(69)38-25-15-8-16-26-38)32-61(74)52(78-55(71)40-29-19-10-20-30-40)50-59(5,42(65)31-43-60(50,33-75-43)79-35(2)64)51(68)49(44(34)58(61,3)4)77-57(73)48(67)46(37-23-13-7-14-24-37)63-54(70)39-27-17-9-18-28-39/h6-30,41-43,45-50,52,65-67,74H,31-33H2,1-5H3,(H,62,69)(H,63,70)/t41-,42-,43+,45-,46-,47+,48-,49+,50?,52-,59+,60-,61+/m0/s1. The third-order valence-electron chi connectivity index (χ3n) is 16.5. The number of hydrogen-bond acceptors (Lipinski definition) is 16. The summed E-state index contributed by atoms with van der Waals surface area (Å²) in [6, 6.07) is 37.0. The van der Waals surface area contributed by atoms with Gasteiger partial charge in [0.25, 0.3) is 11.8 Å². The van der Waals surface area contributed by atoms with Gasteiger partial charge in [0, 0.05) is 36.3 Å². The van der Waals surface area contributed by atoms with Crippen LogP contribution in [0.5, 0.6) is 0 Å². The first-order valence-corrected chi connectivity index (χ1v) is 26.0. The zero-order valence-electron chi connectivity index (χ0n) is 44.0. The fourth-order valence-electron chi connectivity index (χ4n) is 12.2. The molecule has 1 unspecified atom stereocenters. The second-order valence-electron chi connectivity index (χ2n) is 21.4. The number of Topliss-reactive ketones (excluding diaryl/α,β-unsaturated/α-hetero) is 1. The molecule has 3 fully saturated rings. The molecule has 412 valence electrons. The summed E-state index contributed by atoms with van der Waals surface area (Å²) in [5.41, 5.74) is -7.93. The number of fused-ring (bicyclic) bond motifs is 5. The normalized spacial score (nSPS) is 28.2. The molecule has 6 N–H and O–H groups in total. The largest absolute Gasteiger partial charge is 0.456 e. The van der Waals surface area contributed by atoms with E-state index in [0.717, 1.165) is 6.92 Å². The van der Waals surface area contributed by atoms with Crippen LogP contribution in [0.2, 0.25) is 0 Å². The van der Waals surface area contributed by atoms with E-state index in [1.807, 2.05) is 0 Å². The number of amides is 2. The van der Waals surface area contributed by atoms with Gasteiger partial charge < -0.3 is 54.7 Å². The van der Waals surface area contributed by atoms with Crippen molar-refractivity contribution in [1.82, 2.24) is 10.6 Å². The Labute approximate surface area is 455 Å². The highest BCUT2D eigenvalue weighted by molar-refractivity contribution is 5.98. The van der Waals surface area contributed by atoms with E-state index in [-0.39, 0.29) is 39.8 Å². The van der Waals surface area contributed by atoms with Crippen LogP contribution in [0.25, 0.3) is 0 Å². The predicted molar refractivity (Wildman–Crippen MR) is 281 cm³/mol. The number of aliphatic hydroxyl groups is 4. The van der Waals surface area contributed by atoms with Gasteiger partial charge in [0.15, 0.2) is 29.7 Å². The Morgan fingerprint density at radius 3 is 1.53 bits per heavy atom. The molecule has 79 heavy (non-hydrogen) atoms. The zero-order valence-corrected chi connectivity index (χ0v) is 44.0. The van der Waals surface area contributed by atoms with Crippen LogP contribution in [0.15, 0.2) is 163 Å². The molecule has 1 aliphatic heterocycles. The van der Waals surface area contributed by atoms with Crippen molar-refractivity contribution in [3.8, 4) is 0 Å². The summed E-state index contributed by atoms with van der Waals surface area (Å²) in [6.45, 7) is 6.44. The summed E-state index contributed by atoms with van der Waals surface area (Å²) < 4.78 is 31.2. The number of hydrogen-bond donors (Lipinski definition) is 6. The van der Waals surface area contributed by atoms with Crippen molar-refractivity contribution in [3.05, 3.63) is 191 Å². The SMILES string of the molecule is CC(=O)O[C@@]12CO[C@@H]1C[C@H](O)[C@@]1(C)C(=O)[C@H](OC(=O)[C@@H](O)[C@@H](NC(=O)c3ccccc3)c3ccccc3)C3=C(C)[C@@H](OC(=O)[C@H](O)[C@@H](NC(=O)c4ccccc4)c4ccccc4)C[C@@](O)([C@@H](OC(=O)c4ccccc4)C12)C3(C)C. The highest BCUT2D eigenvalue weighted by atomic mass is 16.6. The van der Waals surface area contributed by atoms with Crippen LogP contribution < -0.4 is 10.6 Å². The fraction of sp³-hybridized carbons (Fsp3) is 0.361. The molecule has 2 saturated carbocycles. The molecule has 9 rings (SSSR count). The molecule has 2 amide bonds. The van der Waals surface area contributed by atoms with Gasteiger partial charge in [0.2, 0.25) is 0 Å². The molecule has 18 heteroatoms. The molecule has 1 saturated heterocycles. The molecule has 5 aromatic carbocycles. The maximum absolute atomic E-state index is 16.4. The monoisotopic (exact) mass is 1080 g/mol. The highest BCUT2D eigenvalue weighted by Crippen LogP contribution is 2.64. The average molecular weight is 1080 g/mol. The molecular weight excluding hydrogens is 1020 g/mol. The van der Waals surface area contributed by atoms with Crippen LogP contribution in [0.3, 0.4) is 0 Å². The van der Waals surface area contributed by atoms with E-state index >= 15 is 9.59 Å². The van der Waals surface area contributed by atoms with E-state index in [0.29, 0.717) is 5.56 Å². The molecule has 5 aromatic rings. The van der Waals surface area contributed by atoms with Crippen LogP contribution in [0.4, 0.5) is 0 Å². The smallest absolute Gasteiger partial charge is 0.338 e. The Morgan fingerprint density at radius 1 is 0.646 bits per heavy atom. The van der Waals surface area contributed by atoms with Crippen LogP contribution in [0.1, 0.15) is 102 Å². The highest BCUT2D eigenvalue weighted by Gasteiger charge is 2.78. The van der Waals surface area contributed by atoms with Gasteiger partial charge in [-0.25, -0.2) is 14.4 Å². The van der Waals surface area contributed by atoms with E-state index in [1.54, 1.807) is 127 Å². The zero-order chi connectivity index (χ0) is 56.6. The molecule has 2 bridgehead atoms. The van der Waals surface area contributed by atoms with Gasteiger partial charge in [-0.05, 0) is 72.5 Å². The Kier molecular flexibility index (Phi) is 15.6. The minimum Gasteiger partial charge on any atom is -0.456 e. The third kappa shape index (κ3) is 10.1. The van der Waals surface area contributed by atoms with Crippen LogP contribution in [-0.2, 0) is 42.9 Å². The van der Waals surface area contributed by atoms with Gasteiger partial charge in [0.1, 0.15) is 23.9 Å². The second kappa shape index (κ2) is 22.1. The Bertz CT molecular complexity index is 3140. The number of aliphatic hydroxyl groups excluding tert-OH is 3. The van der Waals surface area contributed by atoms with Crippen molar-refractivity contribution in [3.63, 3.8) is 0 Å². The fourth-order valence-corrected chi connectivity index (χ4v) is 12.2. The lowest BCUT2D eigenvalue weighted by molar-refractivity contribution is -0.346. The van der Waals surface area contributed by atoms with E-state index in [2.05, 4.69) is 10.6 Å². The number of esters is 4. The first-order chi connectivity index (χ1) is 37.6. The predicted octanol–water partition coefficient (Wildman–Crippen LogP) is 5.25. The van der Waals surface area contributed by atoms with E-state index in [4.69, 9.17) is 23.7 Å². The van der Waals surface area contributed by atoms with Gasteiger partial charge in [-0.1, -0.05) is 129 Å². The van der Waals surface area contributed by atoms with Crippen LogP contribution >= 0.6 is 0 Å². The Balaban J connectivity index is 1.20. The number of carbonyl (C=O) groups excluding carboxylic acids is 7. The number of benzene rings is 5. The number of carbonyl (C=O) groups is 7. The molecule has 18 nitrogen and oxygen atoms in total. The number of ether oxygens (including phenoxy) is 5. The summed E-state index contributed by atoms with van der Waals surface area (Å²) in [5.74, 6) is -8.75. The Morgan fingerprint density at radius 2 is 1.09 bits per heavy atom. The molecule has 13 atom stereocenters. The minimum absolute atomic E-state index is 0.00442. The first kappa shape index (κ1) is 55.9. The maximum atomic E-state index is 16.4. The van der Waals surface area contributed by atoms with Crippen molar-refractivity contribution >= 4 is 41.5 Å². The summed E-state index contributed by atoms with van der Waals surface area (Å²) >= 11 is 0. The number of ketones is 1. The summed E-state index contributed by atoms with van der Waals surface area (Å²) in [7, 11) is 0. The number of rotatable bonds is 15. The van der Waals surface area contributed by atoms with Crippen LogP contribution in [0, 0.1) is 16.7 Å². The van der Waals surface area contributed by atoms with Gasteiger partial charge in [0.05, 0.1) is 41.7 Å². The lowest BCUT2D eigenvalue weighted by Gasteiger charge is -2.67. The molecule has 1 heterocycles. The van der Waals surface area contributed by atoms with Crippen molar-refractivity contribution in [2.24, 2.45) is 16.7 Å². The lowest BCUT2D eigenvalue weighted by Crippen LogP contribution is -2.82. The molecule has 0 spiro atoms.